The van der Waals surface area contributed by atoms with E-state index in [2.05, 4.69) is 50.6 Å². The number of carbonyl (C=O) groups is 1. The van der Waals surface area contributed by atoms with Gasteiger partial charge in [0.05, 0.1) is 23.6 Å². The Morgan fingerprint density at radius 1 is 1.28 bits per heavy atom. The van der Waals surface area contributed by atoms with Crippen molar-refractivity contribution < 1.29 is 4.79 Å². The van der Waals surface area contributed by atoms with E-state index in [0.717, 1.165) is 49.5 Å². The molecule has 0 aliphatic carbocycles. The first-order valence-corrected chi connectivity index (χ1v) is 10.9. The van der Waals surface area contributed by atoms with Crippen LogP contribution in [0.3, 0.4) is 0 Å². The Bertz CT molecular complexity index is 1050. The SMILES string of the molecule is Cc1csc(C(C#N)C(=O)CN2CCC(Cn3c(C)nc4ccccc43)CC2)n1. The number of hydrogen-bond donors (Lipinski definition) is 0. The van der Waals surface area contributed by atoms with E-state index in [-0.39, 0.29) is 5.78 Å². The first-order chi connectivity index (χ1) is 14.0. The number of nitrogens with zero attached hydrogens (tertiary/aromatic N) is 5. The summed E-state index contributed by atoms with van der Waals surface area (Å²) in [6.07, 6.45) is 2.10. The number of imidazole rings is 1. The van der Waals surface area contributed by atoms with Gasteiger partial charge in [-0.2, -0.15) is 5.26 Å². The van der Waals surface area contributed by atoms with Gasteiger partial charge >= 0.3 is 0 Å². The van der Waals surface area contributed by atoms with Crippen molar-refractivity contribution in [2.45, 2.75) is 39.2 Å². The third-order valence-corrected chi connectivity index (χ3v) is 6.74. The predicted octanol–water partition coefficient (Wildman–Crippen LogP) is 3.70. The molecule has 29 heavy (non-hydrogen) atoms. The number of ketones is 1. The molecule has 1 saturated heterocycles. The lowest BCUT2D eigenvalue weighted by atomic mass is 9.95. The molecule has 0 bridgehead atoms. The number of benzene rings is 1. The molecule has 7 heteroatoms. The summed E-state index contributed by atoms with van der Waals surface area (Å²) in [5.41, 5.74) is 3.10. The number of aromatic nitrogens is 3. The average Bonchev–Trinajstić information content (AvgIpc) is 3.27. The zero-order chi connectivity index (χ0) is 20.4. The van der Waals surface area contributed by atoms with Crippen LogP contribution in [0.4, 0.5) is 0 Å². The molecule has 1 aromatic carbocycles. The van der Waals surface area contributed by atoms with Gasteiger partial charge in [0.1, 0.15) is 10.8 Å². The fraction of sp³-hybridized carbons (Fsp3) is 0.455. The summed E-state index contributed by atoms with van der Waals surface area (Å²) in [4.78, 5) is 23.8. The van der Waals surface area contributed by atoms with Crippen molar-refractivity contribution in [3.63, 3.8) is 0 Å². The maximum Gasteiger partial charge on any atom is 0.170 e. The van der Waals surface area contributed by atoms with E-state index >= 15 is 0 Å². The van der Waals surface area contributed by atoms with E-state index in [4.69, 9.17) is 0 Å². The highest BCUT2D eigenvalue weighted by atomic mass is 32.1. The minimum atomic E-state index is -0.744. The van der Waals surface area contributed by atoms with Crippen molar-refractivity contribution >= 4 is 28.2 Å². The van der Waals surface area contributed by atoms with E-state index in [1.807, 2.05) is 18.4 Å². The number of Topliss-reactive ketones (excluding diaryl/α,β-unsaturated/α-hetero) is 1. The van der Waals surface area contributed by atoms with Crippen LogP contribution >= 0.6 is 11.3 Å². The topological polar surface area (TPSA) is 74.8 Å². The van der Waals surface area contributed by atoms with Gasteiger partial charge in [0, 0.05) is 17.6 Å². The number of fused-ring (bicyclic) bond motifs is 1. The van der Waals surface area contributed by atoms with Crippen LogP contribution in [0.25, 0.3) is 11.0 Å². The van der Waals surface area contributed by atoms with Crippen molar-refractivity contribution in [3.8, 4) is 6.07 Å². The number of nitriles is 1. The summed E-state index contributed by atoms with van der Waals surface area (Å²) in [7, 11) is 0. The van der Waals surface area contributed by atoms with Crippen molar-refractivity contribution in [1.29, 1.82) is 5.26 Å². The molecule has 150 valence electrons. The normalized spacial score (nSPS) is 16.7. The molecule has 1 fully saturated rings. The van der Waals surface area contributed by atoms with Crippen molar-refractivity contribution in [1.82, 2.24) is 19.4 Å². The fourth-order valence-electron chi connectivity index (χ4n) is 4.09. The van der Waals surface area contributed by atoms with Crippen LogP contribution in [0.2, 0.25) is 0 Å². The highest BCUT2D eigenvalue weighted by Crippen LogP contribution is 2.25. The van der Waals surface area contributed by atoms with Crippen LogP contribution in [0.1, 0.15) is 35.3 Å². The molecule has 0 radical (unpaired) electrons. The first-order valence-electron chi connectivity index (χ1n) is 10.0. The summed E-state index contributed by atoms with van der Waals surface area (Å²) in [5.74, 6) is 0.841. The second kappa shape index (κ2) is 8.44. The van der Waals surface area contributed by atoms with Crippen LogP contribution < -0.4 is 0 Å². The predicted molar refractivity (Wildman–Crippen MR) is 114 cm³/mol. The van der Waals surface area contributed by atoms with Gasteiger partial charge in [-0.25, -0.2) is 9.97 Å². The minimum absolute atomic E-state index is 0.0447. The number of thiazole rings is 1. The molecule has 1 aliphatic heterocycles. The lowest BCUT2D eigenvalue weighted by Gasteiger charge is -2.32. The lowest BCUT2D eigenvalue weighted by Crippen LogP contribution is -2.39. The van der Waals surface area contributed by atoms with Gasteiger partial charge < -0.3 is 4.57 Å². The Morgan fingerprint density at radius 3 is 2.72 bits per heavy atom. The van der Waals surface area contributed by atoms with E-state index < -0.39 is 5.92 Å². The number of likely N-dealkylation sites (tertiary alicyclic amines) is 1. The molecular weight excluding hydrogens is 382 g/mol. The second-order valence-electron chi connectivity index (χ2n) is 7.83. The van der Waals surface area contributed by atoms with Crippen molar-refractivity contribution in [2.24, 2.45) is 5.92 Å². The van der Waals surface area contributed by atoms with Crippen LogP contribution in [-0.4, -0.2) is 44.9 Å². The van der Waals surface area contributed by atoms with Crippen LogP contribution in [0.5, 0.6) is 0 Å². The Morgan fingerprint density at radius 2 is 2.03 bits per heavy atom. The Balaban J connectivity index is 1.34. The summed E-state index contributed by atoms with van der Waals surface area (Å²) in [6.45, 7) is 7.02. The number of aryl methyl sites for hydroxylation is 2. The number of piperidine rings is 1. The Labute approximate surface area is 174 Å². The van der Waals surface area contributed by atoms with Gasteiger partial charge in [0.25, 0.3) is 0 Å². The first kappa shape index (κ1) is 19.7. The quantitative estimate of drug-likeness (QED) is 0.623. The molecule has 0 amide bonds. The van der Waals surface area contributed by atoms with E-state index in [0.29, 0.717) is 17.5 Å². The number of rotatable bonds is 6. The fourth-order valence-corrected chi connectivity index (χ4v) is 4.95. The molecule has 0 saturated carbocycles. The second-order valence-corrected chi connectivity index (χ2v) is 8.72. The van der Waals surface area contributed by atoms with Gasteiger partial charge in [0.15, 0.2) is 11.7 Å². The van der Waals surface area contributed by atoms with E-state index in [1.165, 1.54) is 16.9 Å². The molecular formula is C22H25N5OS. The minimum Gasteiger partial charge on any atom is -0.328 e. The van der Waals surface area contributed by atoms with E-state index in [1.54, 1.807) is 0 Å². The average molecular weight is 408 g/mol. The maximum absolute atomic E-state index is 12.7. The Kier molecular flexibility index (Phi) is 5.74. The number of carbonyl (C=O) groups excluding carboxylic acids is 1. The third kappa shape index (κ3) is 4.24. The smallest absolute Gasteiger partial charge is 0.170 e. The van der Waals surface area contributed by atoms with Gasteiger partial charge in [-0.3, -0.25) is 9.69 Å². The molecule has 3 aromatic rings. The zero-order valence-corrected chi connectivity index (χ0v) is 17.7. The standard InChI is InChI=1S/C22H25N5OS/c1-15-14-29-22(24-15)18(11-23)21(28)13-26-9-7-17(8-10-26)12-27-16(2)25-19-5-3-4-6-20(19)27/h3-6,14,17-18H,7-10,12-13H2,1-2H3. The molecule has 1 unspecified atom stereocenters. The van der Waals surface area contributed by atoms with Crippen LogP contribution in [0.15, 0.2) is 29.6 Å². The van der Waals surface area contributed by atoms with Crippen molar-refractivity contribution in [3.05, 3.63) is 46.2 Å². The van der Waals surface area contributed by atoms with Gasteiger partial charge in [-0.1, -0.05) is 12.1 Å². The molecule has 4 rings (SSSR count). The number of hydrogen-bond acceptors (Lipinski definition) is 6. The molecule has 6 nitrogen and oxygen atoms in total. The Hall–Kier alpha value is -2.56. The molecule has 0 N–H and O–H groups in total. The molecule has 2 aromatic heterocycles. The summed E-state index contributed by atoms with van der Waals surface area (Å²) in [5, 5.41) is 12.0. The number of para-hydroxylation sites is 2. The summed E-state index contributed by atoms with van der Waals surface area (Å²) < 4.78 is 2.32. The van der Waals surface area contributed by atoms with Gasteiger partial charge in [-0.15, -0.1) is 11.3 Å². The molecule has 1 atom stereocenters. The highest BCUT2D eigenvalue weighted by Gasteiger charge is 2.27. The third-order valence-electron chi connectivity index (χ3n) is 5.71. The van der Waals surface area contributed by atoms with Crippen LogP contribution in [-0.2, 0) is 11.3 Å². The maximum atomic E-state index is 12.7. The van der Waals surface area contributed by atoms with E-state index in [9.17, 15) is 10.1 Å². The van der Waals surface area contributed by atoms with Gasteiger partial charge in [0.2, 0.25) is 0 Å². The highest BCUT2D eigenvalue weighted by molar-refractivity contribution is 7.09. The molecule has 1 aliphatic rings. The summed E-state index contributed by atoms with van der Waals surface area (Å²) in [6, 6.07) is 10.4. The van der Waals surface area contributed by atoms with Gasteiger partial charge in [-0.05, 0) is 57.8 Å². The lowest BCUT2D eigenvalue weighted by molar-refractivity contribution is -0.120. The largest absolute Gasteiger partial charge is 0.328 e. The summed E-state index contributed by atoms with van der Waals surface area (Å²) >= 11 is 1.40. The zero-order valence-electron chi connectivity index (χ0n) is 16.8. The monoisotopic (exact) mass is 407 g/mol. The van der Waals surface area contributed by atoms with Crippen LogP contribution in [0, 0.1) is 31.1 Å². The molecule has 0 spiro atoms. The van der Waals surface area contributed by atoms with Crippen molar-refractivity contribution in [2.75, 3.05) is 19.6 Å². The molecule has 3 heterocycles.